The number of likely N-dealkylation sites (N-methyl/N-ethyl adjacent to an activating group) is 1. The molecule has 1 fully saturated rings. The zero-order chi connectivity index (χ0) is 39.9. The third kappa shape index (κ3) is 10.4. The number of fused-ring (bicyclic) bond motifs is 1. The number of aliphatic carboxylic acids is 1. The van der Waals surface area contributed by atoms with Gasteiger partial charge >= 0.3 is 24.8 Å². The second-order valence-corrected chi connectivity index (χ2v) is 14.0. The minimum atomic E-state index is -3.60. The van der Waals surface area contributed by atoms with E-state index < -0.39 is 46.9 Å². The van der Waals surface area contributed by atoms with E-state index >= 15 is 8.78 Å². The minimum absolute atomic E-state index is 0. The summed E-state index contributed by atoms with van der Waals surface area (Å²) in [7, 11) is 2.82. The molecule has 1 amide bonds. The number of hydrogen-bond acceptors (Lipinski definition) is 4. The molecular weight excluding hydrogens is 722 g/mol. The number of piperidine rings is 1. The summed E-state index contributed by atoms with van der Waals surface area (Å²) in [6, 6.07) is 13.3. The van der Waals surface area contributed by atoms with Gasteiger partial charge < -0.3 is 40.4 Å². The molecule has 0 radical (unpaired) electrons. The zero-order valence-corrected chi connectivity index (χ0v) is 32.6. The molecule has 292 valence electrons. The number of alkyl halides is 5. The largest absolute Gasteiger partial charge is 1.00 e. The van der Waals surface area contributed by atoms with Gasteiger partial charge in [0.05, 0.1) is 7.11 Å². The molecular formula is C41H49ClF5LiN2O4-2. The molecule has 6 nitrogen and oxygen atoms in total. The second-order valence-electron chi connectivity index (χ2n) is 13.6. The Balaban J connectivity index is 0.00000115. The Hall–Kier alpha value is -3.10. The van der Waals surface area contributed by atoms with Crippen molar-refractivity contribution >= 4 is 34.2 Å². The normalized spacial score (nSPS) is 15.6. The number of nitrogens with zero attached hydrogens (tertiary/aromatic N) is 2. The van der Waals surface area contributed by atoms with Crippen LogP contribution in [0.1, 0.15) is 50.7 Å². The van der Waals surface area contributed by atoms with Crippen molar-refractivity contribution in [2.75, 3.05) is 33.8 Å². The van der Waals surface area contributed by atoms with Crippen molar-refractivity contribution < 1.29 is 60.2 Å². The van der Waals surface area contributed by atoms with Gasteiger partial charge in [-0.05, 0) is 79.4 Å². The van der Waals surface area contributed by atoms with E-state index in [-0.39, 0.29) is 70.6 Å². The third-order valence-corrected chi connectivity index (χ3v) is 10.3. The maximum absolute atomic E-state index is 15.9. The van der Waals surface area contributed by atoms with Gasteiger partial charge in [-0.1, -0.05) is 60.1 Å². The van der Waals surface area contributed by atoms with Crippen LogP contribution in [0, 0.1) is 26.2 Å². The quantitative estimate of drug-likeness (QED) is 0.0854. The molecule has 1 heterocycles. The van der Waals surface area contributed by atoms with E-state index in [1.807, 2.05) is 30.3 Å². The molecule has 3 aromatic rings. The van der Waals surface area contributed by atoms with Crippen molar-refractivity contribution in [1.82, 2.24) is 9.80 Å². The average molecular weight is 771 g/mol. The van der Waals surface area contributed by atoms with Gasteiger partial charge in [0.1, 0.15) is 23.4 Å². The van der Waals surface area contributed by atoms with Crippen LogP contribution in [0.3, 0.4) is 0 Å². The Morgan fingerprint density at radius 3 is 2.07 bits per heavy atom. The van der Waals surface area contributed by atoms with Crippen molar-refractivity contribution in [3.63, 3.8) is 0 Å². The number of allylic oxidation sites excluding steroid dienone is 1. The summed E-state index contributed by atoms with van der Waals surface area (Å²) >= 11 is 6.41. The van der Waals surface area contributed by atoms with Crippen molar-refractivity contribution in [2.45, 2.75) is 76.4 Å². The van der Waals surface area contributed by atoms with E-state index in [0.717, 1.165) is 32.4 Å². The van der Waals surface area contributed by atoms with Gasteiger partial charge in [-0.25, -0.2) is 26.7 Å². The predicted octanol–water partition coefficient (Wildman–Crippen LogP) is 6.73. The molecule has 3 aromatic carbocycles. The molecule has 0 spiro atoms. The molecule has 0 aromatic heterocycles. The van der Waals surface area contributed by atoms with Crippen LogP contribution in [0.4, 0.5) is 22.0 Å². The van der Waals surface area contributed by atoms with Gasteiger partial charge in [0.25, 0.3) is 5.92 Å². The number of rotatable bonds is 14. The maximum Gasteiger partial charge on any atom is 1.00 e. The fraction of sp³-hybridized carbons (Fsp3) is 0.439. The first kappa shape index (κ1) is 47.1. The van der Waals surface area contributed by atoms with E-state index in [1.54, 1.807) is 30.2 Å². The first-order chi connectivity index (χ1) is 24.8. The van der Waals surface area contributed by atoms with E-state index in [2.05, 4.69) is 27.4 Å². The zero-order valence-electron chi connectivity index (χ0n) is 31.8. The first-order valence-corrected chi connectivity index (χ1v) is 17.7. The maximum atomic E-state index is 15.9. The van der Waals surface area contributed by atoms with Crippen LogP contribution >= 0.6 is 11.6 Å². The topological polar surface area (TPSA) is 70.1 Å². The number of carboxylic acid groups (broad SMARTS) is 1. The average Bonchev–Trinajstić information content (AvgIpc) is 3.13. The summed E-state index contributed by atoms with van der Waals surface area (Å²) in [5.74, 6) is -7.97. The molecule has 1 N–H and O–H groups in total. The fourth-order valence-corrected chi connectivity index (χ4v) is 6.95. The third-order valence-electron chi connectivity index (χ3n) is 9.92. The SMILES string of the molecule is C=C(C)C(F)(F)C1(C(=O)N(C)[C@@H](Cc2cccc3c(-c4cc(C[CH2-])c(Cl)cc4OC)cccc23)C(=O)O)CCN(CC(C)F)CC1.[CH2-]CC(F)(F)C[CH2-].[Li+]. The Labute approximate surface area is 333 Å². The summed E-state index contributed by atoms with van der Waals surface area (Å²) in [6.07, 6.45) is -2.04. The fourth-order valence-electron chi connectivity index (χ4n) is 6.70. The van der Waals surface area contributed by atoms with Gasteiger partial charge in [-0.3, -0.25) is 4.79 Å². The number of amides is 1. The van der Waals surface area contributed by atoms with Crippen LogP contribution in [0.15, 0.2) is 60.7 Å². The van der Waals surface area contributed by atoms with E-state index in [1.165, 1.54) is 20.9 Å². The number of ether oxygens (including phenoxy) is 1. The summed E-state index contributed by atoms with van der Waals surface area (Å²) in [4.78, 5) is 29.5. The van der Waals surface area contributed by atoms with Crippen molar-refractivity contribution in [3.8, 4) is 16.9 Å². The number of methoxy groups -OCH3 is 1. The Kier molecular flexibility index (Phi) is 17.1. The Bertz CT molecular complexity index is 1760. The molecule has 0 aliphatic carbocycles. The molecule has 2 atom stereocenters. The van der Waals surface area contributed by atoms with Gasteiger partial charge in [0, 0.05) is 30.6 Å². The van der Waals surface area contributed by atoms with Crippen LogP contribution in [0.5, 0.6) is 5.75 Å². The van der Waals surface area contributed by atoms with Crippen LogP contribution < -0.4 is 23.6 Å². The molecule has 1 unspecified atom stereocenters. The Morgan fingerprint density at radius 1 is 1.02 bits per heavy atom. The number of carboxylic acids is 1. The van der Waals surface area contributed by atoms with Crippen molar-refractivity contribution in [3.05, 3.63) is 97.6 Å². The molecule has 4 rings (SSSR count). The number of carbonyl (C=O) groups excluding carboxylic acids is 1. The van der Waals surface area contributed by atoms with Gasteiger partial charge in [-0.15, -0.1) is 12.8 Å². The van der Waals surface area contributed by atoms with Crippen LogP contribution in [-0.4, -0.2) is 84.6 Å². The number of carbonyl (C=O) groups is 2. The summed E-state index contributed by atoms with van der Waals surface area (Å²) in [5.41, 5.74) is 0.391. The first-order valence-electron chi connectivity index (χ1n) is 17.3. The monoisotopic (exact) mass is 770 g/mol. The number of hydrogen-bond donors (Lipinski definition) is 1. The van der Waals surface area contributed by atoms with Crippen molar-refractivity contribution in [2.24, 2.45) is 5.41 Å². The standard InChI is InChI=1S/C36H41ClF3N2O4.C5H8F2.Li/c1-7-24-18-29(32(46-6)20-30(24)37)28-13-9-11-26-25(10-8-12-27(26)28)19-31(33(43)44)41(5)34(45)35(36(39,40)22(2)3)14-16-42(17-15-35)21-23(4)38;1-3-5(6,7)4-2;/h8-13,18,20,23,31H,1-2,7,14-17,19,21H2,3-6H3,(H,43,44);1-4H2;/q-1;-2;+1/t23?,31-;;/m0../s1. The van der Waals surface area contributed by atoms with E-state index in [9.17, 15) is 27.9 Å². The summed E-state index contributed by atoms with van der Waals surface area (Å²) in [5, 5.41) is 12.5. The number of likely N-dealkylation sites (tertiary alicyclic amines) is 1. The molecule has 13 heteroatoms. The van der Waals surface area contributed by atoms with Crippen LogP contribution in [0.25, 0.3) is 21.9 Å². The predicted molar refractivity (Wildman–Crippen MR) is 201 cm³/mol. The van der Waals surface area contributed by atoms with Gasteiger partial charge in [-0.2, -0.15) is 6.42 Å². The molecule has 1 aliphatic heterocycles. The summed E-state index contributed by atoms with van der Waals surface area (Å²) < 4.78 is 74.7. The molecule has 0 saturated carbocycles. The van der Waals surface area contributed by atoms with Gasteiger partial charge in [0.15, 0.2) is 5.92 Å². The van der Waals surface area contributed by atoms with Crippen LogP contribution in [0.2, 0.25) is 5.02 Å². The summed E-state index contributed by atoms with van der Waals surface area (Å²) in [6.45, 7) is 16.3. The second kappa shape index (κ2) is 19.7. The van der Waals surface area contributed by atoms with Gasteiger partial charge in [0.2, 0.25) is 5.91 Å². The number of benzene rings is 3. The van der Waals surface area contributed by atoms with Crippen molar-refractivity contribution in [1.29, 1.82) is 0 Å². The molecule has 1 saturated heterocycles. The van der Waals surface area contributed by atoms with E-state index in [0.29, 0.717) is 22.8 Å². The molecule has 54 heavy (non-hydrogen) atoms. The Morgan fingerprint density at radius 2 is 1.59 bits per heavy atom. The minimum Gasteiger partial charge on any atom is -0.496 e. The molecule has 0 bridgehead atoms. The molecule has 1 aliphatic rings. The van der Waals surface area contributed by atoms with Crippen LogP contribution in [-0.2, 0) is 22.4 Å². The smallest absolute Gasteiger partial charge is 0.496 e. The number of halogens is 6. The van der Waals surface area contributed by atoms with E-state index in [4.69, 9.17) is 16.3 Å².